The molecule has 24 heavy (non-hydrogen) atoms. The van der Waals surface area contributed by atoms with Gasteiger partial charge in [-0.05, 0) is 43.3 Å². The number of nitrogens with one attached hydrogen (secondary N) is 1. The third-order valence-corrected chi connectivity index (χ3v) is 3.27. The molecule has 0 spiro atoms. The van der Waals surface area contributed by atoms with Crippen molar-refractivity contribution >= 4 is 23.0 Å². The van der Waals surface area contributed by atoms with E-state index in [4.69, 9.17) is 10.5 Å². The van der Waals surface area contributed by atoms with Gasteiger partial charge in [-0.15, -0.1) is 0 Å². The third-order valence-electron chi connectivity index (χ3n) is 3.27. The highest BCUT2D eigenvalue weighted by molar-refractivity contribution is 6.10. The van der Waals surface area contributed by atoms with Crippen LogP contribution < -0.4 is 10.3 Å². The number of anilines is 2. The third kappa shape index (κ3) is 3.96. The lowest BCUT2D eigenvalue weighted by Gasteiger charge is -2.21. The Bertz CT molecular complexity index is 797. The Labute approximate surface area is 140 Å². The van der Waals surface area contributed by atoms with Crippen LogP contribution in [0.25, 0.3) is 0 Å². The summed E-state index contributed by atoms with van der Waals surface area (Å²) in [7, 11) is 0. The predicted molar refractivity (Wildman–Crippen MR) is 92.5 cm³/mol. The van der Waals surface area contributed by atoms with Crippen LogP contribution in [0.5, 0.6) is 0 Å². The summed E-state index contributed by atoms with van der Waals surface area (Å²) in [6.45, 7) is 2.47. The Morgan fingerprint density at radius 3 is 2.25 bits per heavy atom. The van der Waals surface area contributed by atoms with Gasteiger partial charge in [0.15, 0.2) is 0 Å². The molecular weight excluding hydrogens is 302 g/mol. The molecule has 0 aliphatic heterocycles. The molecule has 0 saturated carbocycles. The monoisotopic (exact) mass is 317 g/mol. The Morgan fingerprint density at radius 1 is 1.08 bits per heavy atom. The average molecular weight is 317 g/mol. The standard InChI is InChI=1S/C18H15N5O/c1-2-23(17-6-4-3-5-7-17)18(24)14-8-10-15(11-9-14)21-22-16(12-19)13-20/h3-11,21H,2H2,1H3. The van der Waals surface area contributed by atoms with Gasteiger partial charge in [0.25, 0.3) is 5.91 Å². The Kier molecular flexibility index (Phi) is 5.65. The van der Waals surface area contributed by atoms with Crippen molar-refractivity contribution in [2.24, 2.45) is 5.10 Å². The molecule has 0 bridgehead atoms. The number of rotatable bonds is 5. The van der Waals surface area contributed by atoms with Gasteiger partial charge in [0.05, 0.1) is 5.69 Å². The van der Waals surface area contributed by atoms with Gasteiger partial charge in [-0.25, -0.2) is 0 Å². The summed E-state index contributed by atoms with van der Waals surface area (Å²) >= 11 is 0. The molecule has 0 aliphatic carbocycles. The summed E-state index contributed by atoms with van der Waals surface area (Å²) in [5.41, 5.74) is 4.29. The summed E-state index contributed by atoms with van der Waals surface area (Å²) in [6.07, 6.45) is 0. The first-order valence-electron chi connectivity index (χ1n) is 7.30. The second kappa shape index (κ2) is 8.11. The van der Waals surface area contributed by atoms with Crippen molar-refractivity contribution in [2.75, 3.05) is 16.9 Å². The van der Waals surface area contributed by atoms with Crippen molar-refractivity contribution < 1.29 is 4.79 Å². The maximum Gasteiger partial charge on any atom is 0.258 e. The summed E-state index contributed by atoms with van der Waals surface area (Å²) in [6, 6.07) is 19.4. The molecule has 6 nitrogen and oxygen atoms in total. The molecule has 0 aliphatic rings. The number of hydrazone groups is 1. The quantitative estimate of drug-likeness (QED) is 0.677. The SMILES string of the molecule is CCN(C(=O)c1ccc(NN=C(C#N)C#N)cc1)c1ccccc1. The van der Waals surface area contributed by atoms with Crippen LogP contribution in [0.4, 0.5) is 11.4 Å². The van der Waals surface area contributed by atoms with Crippen LogP contribution in [-0.2, 0) is 0 Å². The zero-order valence-corrected chi connectivity index (χ0v) is 13.1. The van der Waals surface area contributed by atoms with E-state index in [1.54, 1.807) is 41.3 Å². The van der Waals surface area contributed by atoms with Crippen LogP contribution >= 0.6 is 0 Å². The van der Waals surface area contributed by atoms with Crippen LogP contribution in [0.3, 0.4) is 0 Å². The highest BCUT2D eigenvalue weighted by atomic mass is 16.2. The fraction of sp³-hybridized carbons (Fsp3) is 0.111. The number of amides is 1. The van der Waals surface area contributed by atoms with Crippen LogP contribution in [0.1, 0.15) is 17.3 Å². The summed E-state index contributed by atoms with van der Waals surface area (Å²) in [5, 5.41) is 20.9. The van der Waals surface area contributed by atoms with E-state index in [9.17, 15) is 4.79 Å². The van der Waals surface area contributed by atoms with Gasteiger partial charge in [0.2, 0.25) is 5.71 Å². The maximum absolute atomic E-state index is 12.6. The summed E-state index contributed by atoms with van der Waals surface area (Å²) < 4.78 is 0. The van der Waals surface area contributed by atoms with Gasteiger partial charge in [0.1, 0.15) is 12.1 Å². The molecule has 2 aromatic rings. The van der Waals surface area contributed by atoms with E-state index in [0.29, 0.717) is 17.8 Å². The highest BCUT2D eigenvalue weighted by Crippen LogP contribution is 2.18. The lowest BCUT2D eigenvalue weighted by molar-refractivity contribution is 0.0988. The minimum Gasteiger partial charge on any atom is -0.309 e. The Balaban J connectivity index is 2.15. The van der Waals surface area contributed by atoms with Gasteiger partial charge in [-0.1, -0.05) is 18.2 Å². The van der Waals surface area contributed by atoms with E-state index >= 15 is 0 Å². The molecule has 0 unspecified atom stereocenters. The van der Waals surface area contributed by atoms with Crippen molar-refractivity contribution in [1.29, 1.82) is 10.5 Å². The molecule has 0 saturated heterocycles. The van der Waals surface area contributed by atoms with E-state index in [1.165, 1.54) is 0 Å². The van der Waals surface area contributed by atoms with Gasteiger partial charge < -0.3 is 4.90 Å². The average Bonchev–Trinajstić information content (AvgIpc) is 2.64. The number of nitrogens with zero attached hydrogens (tertiary/aromatic N) is 4. The molecule has 0 fully saturated rings. The van der Waals surface area contributed by atoms with Crippen molar-refractivity contribution in [2.45, 2.75) is 6.92 Å². The van der Waals surface area contributed by atoms with E-state index in [0.717, 1.165) is 5.69 Å². The molecule has 1 N–H and O–H groups in total. The molecule has 0 atom stereocenters. The number of para-hydroxylation sites is 1. The first-order valence-corrected chi connectivity index (χ1v) is 7.30. The van der Waals surface area contributed by atoms with Crippen LogP contribution in [0.2, 0.25) is 0 Å². The molecule has 2 aromatic carbocycles. The minimum absolute atomic E-state index is 0.103. The fourth-order valence-corrected chi connectivity index (χ4v) is 2.09. The van der Waals surface area contributed by atoms with Gasteiger partial charge in [-0.3, -0.25) is 10.2 Å². The summed E-state index contributed by atoms with van der Waals surface area (Å²) in [5.74, 6) is -0.103. The first-order chi connectivity index (χ1) is 11.7. The number of carbonyl (C=O) groups excluding carboxylic acids is 1. The number of nitriles is 2. The Hall–Kier alpha value is -3.64. The van der Waals surface area contributed by atoms with Gasteiger partial charge in [-0.2, -0.15) is 15.6 Å². The number of benzene rings is 2. The van der Waals surface area contributed by atoms with Crippen LogP contribution in [0.15, 0.2) is 59.7 Å². The highest BCUT2D eigenvalue weighted by Gasteiger charge is 2.15. The van der Waals surface area contributed by atoms with Crippen molar-refractivity contribution in [3.63, 3.8) is 0 Å². The topological polar surface area (TPSA) is 92.3 Å². The van der Waals surface area contributed by atoms with Crippen molar-refractivity contribution in [3.8, 4) is 12.1 Å². The predicted octanol–water partition coefficient (Wildman–Crippen LogP) is 3.17. The molecular formula is C18H15N5O. The lowest BCUT2D eigenvalue weighted by atomic mass is 10.1. The molecule has 6 heteroatoms. The second-order valence-corrected chi connectivity index (χ2v) is 4.76. The fourth-order valence-electron chi connectivity index (χ4n) is 2.09. The number of carbonyl (C=O) groups is 1. The van der Waals surface area contributed by atoms with E-state index < -0.39 is 0 Å². The smallest absolute Gasteiger partial charge is 0.258 e. The molecule has 1 amide bonds. The molecule has 118 valence electrons. The number of hydrogen-bond acceptors (Lipinski definition) is 5. The molecule has 2 rings (SSSR count). The van der Waals surface area contributed by atoms with Crippen molar-refractivity contribution in [3.05, 3.63) is 60.2 Å². The Morgan fingerprint density at radius 2 is 1.71 bits per heavy atom. The van der Waals surface area contributed by atoms with Gasteiger partial charge in [0, 0.05) is 17.8 Å². The lowest BCUT2D eigenvalue weighted by Crippen LogP contribution is -2.30. The van der Waals surface area contributed by atoms with Crippen LogP contribution in [0, 0.1) is 22.7 Å². The normalized spacial score (nSPS) is 9.29. The maximum atomic E-state index is 12.6. The minimum atomic E-state index is -0.267. The van der Waals surface area contributed by atoms with Gasteiger partial charge >= 0.3 is 0 Å². The van der Waals surface area contributed by atoms with E-state index in [-0.39, 0.29) is 11.6 Å². The molecule has 0 heterocycles. The molecule has 0 radical (unpaired) electrons. The zero-order chi connectivity index (χ0) is 17.4. The van der Waals surface area contributed by atoms with E-state index in [2.05, 4.69) is 10.5 Å². The first kappa shape index (κ1) is 16.7. The summed E-state index contributed by atoms with van der Waals surface area (Å²) in [4.78, 5) is 14.3. The largest absolute Gasteiger partial charge is 0.309 e. The molecule has 0 aromatic heterocycles. The van der Waals surface area contributed by atoms with Crippen molar-refractivity contribution in [1.82, 2.24) is 0 Å². The van der Waals surface area contributed by atoms with Crippen LogP contribution in [-0.4, -0.2) is 18.2 Å². The second-order valence-electron chi connectivity index (χ2n) is 4.76. The zero-order valence-electron chi connectivity index (χ0n) is 13.1. The van der Waals surface area contributed by atoms with E-state index in [1.807, 2.05) is 37.3 Å². The number of hydrogen-bond donors (Lipinski definition) is 1.